The number of aliphatic hydroxyl groups is 1. The van der Waals surface area contributed by atoms with Gasteiger partial charge in [-0.1, -0.05) is 0 Å². The quantitative estimate of drug-likeness (QED) is 0.684. The Labute approximate surface area is 76.2 Å². The van der Waals surface area contributed by atoms with Gasteiger partial charge in [-0.2, -0.15) is 5.10 Å². The fraction of sp³-hybridized carbons (Fsp3) is 0.556. The predicted molar refractivity (Wildman–Crippen MR) is 46.5 cm³/mol. The van der Waals surface area contributed by atoms with Gasteiger partial charge in [-0.05, 0) is 19.3 Å². The Bertz CT molecular complexity index is 308. The van der Waals surface area contributed by atoms with Crippen molar-refractivity contribution in [3.05, 3.63) is 18.0 Å². The average molecular weight is 180 g/mol. The molecule has 1 aromatic heterocycles. The van der Waals surface area contributed by atoms with Crippen LogP contribution in [0, 0.1) is 0 Å². The highest BCUT2D eigenvalue weighted by Crippen LogP contribution is 2.29. The van der Waals surface area contributed by atoms with Gasteiger partial charge in [0.25, 0.3) is 0 Å². The van der Waals surface area contributed by atoms with Gasteiger partial charge in [-0.3, -0.25) is 9.48 Å². The van der Waals surface area contributed by atoms with E-state index in [4.69, 9.17) is 0 Å². The number of carbonyl (C=O) groups is 1. The van der Waals surface area contributed by atoms with E-state index in [1.807, 2.05) is 0 Å². The van der Waals surface area contributed by atoms with Crippen molar-refractivity contribution in [2.75, 3.05) is 0 Å². The molecule has 2 atom stereocenters. The van der Waals surface area contributed by atoms with Gasteiger partial charge in [-0.25, -0.2) is 0 Å². The number of aliphatic hydroxyl groups excluding tert-OH is 1. The highest BCUT2D eigenvalue weighted by atomic mass is 16.3. The lowest BCUT2D eigenvalue weighted by atomic mass is 10.2. The summed E-state index contributed by atoms with van der Waals surface area (Å²) in [6.07, 6.45) is 6.40. The summed E-state index contributed by atoms with van der Waals surface area (Å²) in [6, 6.07) is 0.267. The normalized spacial score (nSPS) is 27.8. The molecule has 2 rings (SSSR count). The van der Waals surface area contributed by atoms with E-state index in [0.29, 0.717) is 5.56 Å². The number of aldehydes is 1. The van der Waals surface area contributed by atoms with Crippen molar-refractivity contribution in [2.24, 2.45) is 0 Å². The van der Waals surface area contributed by atoms with E-state index in [1.54, 1.807) is 17.1 Å². The van der Waals surface area contributed by atoms with Crippen LogP contribution in [0.3, 0.4) is 0 Å². The van der Waals surface area contributed by atoms with Crippen LogP contribution in [0.2, 0.25) is 0 Å². The summed E-state index contributed by atoms with van der Waals surface area (Å²) in [7, 11) is 0. The van der Waals surface area contributed by atoms with Crippen molar-refractivity contribution in [3.8, 4) is 0 Å². The van der Waals surface area contributed by atoms with E-state index in [2.05, 4.69) is 5.10 Å². The number of aromatic nitrogens is 2. The molecule has 1 aliphatic carbocycles. The van der Waals surface area contributed by atoms with Crippen molar-refractivity contribution in [2.45, 2.75) is 31.4 Å². The third-order valence-electron chi connectivity index (χ3n) is 2.51. The smallest absolute Gasteiger partial charge is 0.153 e. The third-order valence-corrected chi connectivity index (χ3v) is 2.51. The molecular formula is C9H12N2O2. The molecule has 4 nitrogen and oxygen atoms in total. The molecule has 1 aliphatic rings. The molecule has 1 heterocycles. The van der Waals surface area contributed by atoms with Gasteiger partial charge in [0.15, 0.2) is 6.29 Å². The fourth-order valence-corrected chi connectivity index (χ4v) is 1.79. The zero-order valence-corrected chi connectivity index (χ0v) is 7.26. The first-order valence-electron chi connectivity index (χ1n) is 4.47. The molecule has 1 aromatic rings. The Hall–Kier alpha value is -1.16. The first-order valence-corrected chi connectivity index (χ1v) is 4.47. The monoisotopic (exact) mass is 180 g/mol. The van der Waals surface area contributed by atoms with Crippen LogP contribution in [0.4, 0.5) is 0 Å². The molecular weight excluding hydrogens is 168 g/mol. The van der Waals surface area contributed by atoms with Crippen LogP contribution in [0.25, 0.3) is 0 Å². The summed E-state index contributed by atoms with van der Waals surface area (Å²) >= 11 is 0. The van der Waals surface area contributed by atoms with Crippen molar-refractivity contribution in [1.82, 2.24) is 9.78 Å². The molecule has 13 heavy (non-hydrogen) atoms. The molecule has 0 bridgehead atoms. The van der Waals surface area contributed by atoms with Crippen molar-refractivity contribution < 1.29 is 9.90 Å². The maximum absolute atomic E-state index is 10.4. The maximum Gasteiger partial charge on any atom is 0.153 e. The molecule has 1 saturated carbocycles. The number of carbonyl (C=O) groups excluding carboxylic acids is 1. The van der Waals surface area contributed by atoms with E-state index in [9.17, 15) is 9.90 Å². The Balaban J connectivity index is 2.12. The van der Waals surface area contributed by atoms with E-state index in [-0.39, 0.29) is 12.1 Å². The van der Waals surface area contributed by atoms with Gasteiger partial charge in [-0.15, -0.1) is 0 Å². The van der Waals surface area contributed by atoms with Gasteiger partial charge in [0.05, 0.1) is 23.9 Å². The fourth-order valence-electron chi connectivity index (χ4n) is 1.79. The van der Waals surface area contributed by atoms with Crippen LogP contribution in [0.1, 0.15) is 35.7 Å². The Morgan fingerprint density at radius 3 is 3.00 bits per heavy atom. The first-order chi connectivity index (χ1) is 6.29. The predicted octanol–water partition coefficient (Wildman–Crippen LogP) is 0.782. The summed E-state index contributed by atoms with van der Waals surface area (Å²) in [5, 5.41) is 13.4. The van der Waals surface area contributed by atoms with Gasteiger partial charge >= 0.3 is 0 Å². The minimum Gasteiger partial charge on any atom is -0.393 e. The lowest BCUT2D eigenvalue weighted by molar-refractivity contribution is 0.112. The van der Waals surface area contributed by atoms with Crippen LogP contribution in [-0.2, 0) is 0 Å². The number of nitrogens with zero attached hydrogens (tertiary/aromatic N) is 2. The minimum absolute atomic E-state index is 0.200. The zero-order valence-electron chi connectivity index (χ0n) is 7.26. The van der Waals surface area contributed by atoms with Crippen molar-refractivity contribution >= 4 is 6.29 Å². The van der Waals surface area contributed by atoms with Crippen LogP contribution in [0.15, 0.2) is 12.4 Å². The summed E-state index contributed by atoms with van der Waals surface area (Å²) in [6.45, 7) is 0. The van der Waals surface area contributed by atoms with Gasteiger partial charge < -0.3 is 5.11 Å². The summed E-state index contributed by atoms with van der Waals surface area (Å²) in [5.74, 6) is 0. The summed E-state index contributed by atoms with van der Waals surface area (Å²) in [5.41, 5.74) is 0.599. The third kappa shape index (κ3) is 1.62. The average Bonchev–Trinajstić information content (AvgIpc) is 2.71. The van der Waals surface area contributed by atoms with Gasteiger partial charge in [0.2, 0.25) is 0 Å². The maximum atomic E-state index is 10.4. The van der Waals surface area contributed by atoms with E-state index >= 15 is 0 Å². The molecule has 1 N–H and O–H groups in total. The Morgan fingerprint density at radius 2 is 2.46 bits per heavy atom. The number of hydrogen-bond donors (Lipinski definition) is 1. The molecule has 0 saturated heterocycles. The Kier molecular flexibility index (Phi) is 2.14. The molecule has 2 unspecified atom stereocenters. The van der Waals surface area contributed by atoms with Gasteiger partial charge in [0.1, 0.15) is 0 Å². The topological polar surface area (TPSA) is 55.1 Å². The highest BCUT2D eigenvalue weighted by molar-refractivity contribution is 5.73. The second kappa shape index (κ2) is 3.30. The molecule has 0 spiro atoms. The van der Waals surface area contributed by atoms with E-state index in [1.165, 1.54) is 0 Å². The molecule has 4 heteroatoms. The molecule has 0 radical (unpaired) electrons. The van der Waals surface area contributed by atoms with Crippen LogP contribution in [0.5, 0.6) is 0 Å². The largest absolute Gasteiger partial charge is 0.393 e. The summed E-state index contributed by atoms with van der Waals surface area (Å²) in [4.78, 5) is 10.4. The molecule has 70 valence electrons. The molecule has 0 aromatic carbocycles. The zero-order chi connectivity index (χ0) is 9.26. The van der Waals surface area contributed by atoms with Crippen LogP contribution in [-0.4, -0.2) is 27.3 Å². The van der Waals surface area contributed by atoms with E-state index in [0.717, 1.165) is 25.5 Å². The standard InChI is InChI=1S/C9H12N2O2/c12-6-7-4-10-11(5-7)8-1-2-9(13)3-8/h4-6,8-9,13H,1-3H2. The second-order valence-corrected chi connectivity index (χ2v) is 3.49. The minimum atomic E-state index is -0.200. The lowest BCUT2D eigenvalue weighted by Crippen LogP contribution is -2.07. The van der Waals surface area contributed by atoms with Crippen molar-refractivity contribution in [3.63, 3.8) is 0 Å². The highest BCUT2D eigenvalue weighted by Gasteiger charge is 2.24. The Morgan fingerprint density at radius 1 is 1.62 bits per heavy atom. The first kappa shape index (κ1) is 8.44. The summed E-state index contributed by atoms with van der Waals surface area (Å²) < 4.78 is 1.78. The number of hydrogen-bond acceptors (Lipinski definition) is 3. The van der Waals surface area contributed by atoms with Crippen LogP contribution < -0.4 is 0 Å². The lowest BCUT2D eigenvalue weighted by Gasteiger charge is -2.08. The molecule has 0 amide bonds. The van der Waals surface area contributed by atoms with Gasteiger partial charge in [0, 0.05) is 6.20 Å². The number of rotatable bonds is 2. The van der Waals surface area contributed by atoms with Crippen molar-refractivity contribution in [1.29, 1.82) is 0 Å². The second-order valence-electron chi connectivity index (χ2n) is 3.49. The molecule has 1 fully saturated rings. The van der Waals surface area contributed by atoms with Crippen LogP contribution >= 0.6 is 0 Å². The SMILES string of the molecule is O=Cc1cnn(C2CCC(O)C2)c1. The molecule has 0 aliphatic heterocycles. The van der Waals surface area contributed by atoms with E-state index < -0.39 is 0 Å².